The molecule has 7 nitrogen and oxygen atoms in total. The minimum absolute atomic E-state index is 0.162. The minimum atomic E-state index is -3.37. The van der Waals surface area contributed by atoms with E-state index in [0.717, 1.165) is 40.3 Å². The molecule has 2 N–H and O–H groups in total. The van der Waals surface area contributed by atoms with Gasteiger partial charge in [0.05, 0.1) is 24.0 Å². The van der Waals surface area contributed by atoms with E-state index in [-0.39, 0.29) is 12.1 Å². The predicted molar refractivity (Wildman–Crippen MR) is 148 cm³/mol. The second-order valence-electron chi connectivity index (χ2n) is 8.92. The van der Waals surface area contributed by atoms with Gasteiger partial charge in [0.1, 0.15) is 0 Å². The first-order valence-electron chi connectivity index (χ1n) is 11.6. The lowest BCUT2D eigenvalue weighted by Gasteiger charge is -2.28. The first kappa shape index (κ1) is 24.0. The van der Waals surface area contributed by atoms with E-state index in [1.807, 2.05) is 48.5 Å². The Morgan fingerprint density at radius 2 is 1.64 bits per heavy atom. The molecule has 2 atom stereocenters. The summed E-state index contributed by atoms with van der Waals surface area (Å²) in [6, 6.07) is 25.3. The molecule has 184 valence electrons. The van der Waals surface area contributed by atoms with Gasteiger partial charge in [-0.3, -0.25) is 9.71 Å². The van der Waals surface area contributed by atoms with Crippen LogP contribution in [0.25, 0.3) is 5.69 Å². The van der Waals surface area contributed by atoms with Crippen molar-refractivity contribution in [2.75, 3.05) is 15.9 Å². The third-order valence-electron chi connectivity index (χ3n) is 6.35. The number of aryl methyl sites for hydroxylation is 1. The summed E-state index contributed by atoms with van der Waals surface area (Å²) in [5, 5.41) is 4.08. The van der Waals surface area contributed by atoms with Gasteiger partial charge in [-0.1, -0.05) is 24.3 Å². The summed E-state index contributed by atoms with van der Waals surface area (Å²) < 4.78 is 28.1. The molecule has 2 aromatic heterocycles. The highest BCUT2D eigenvalue weighted by molar-refractivity contribution is 7.92. The predicted octanol–water partition coefficient (Wildman–Crippen LogP) is 5.04. The Kier molecular flexibility index (Phi) is 6.27. The molecule has 9 heteroatoms. The van der Waals surface area contributed by atoms with Gasteiger partial charge in [-0.15, -0.1) is 0 Å². The fraction of sp³-hybridized carbons (Fsp3) is 0.185. The van der Waals surface area contributed by atoms with Crippen molar-refractivity contribution in [1.29, 1.82) is 0 Å². The van der Waals surface area contributed by atoms with Crippen LogP contribution in [-0.2, 0) is 10.0 Å². The monoisotopic (exact) mass is 517 g/mol. The Hall–Kier alpha value is -3.69. The molecule has 1 aliphatic heterocycles. The molecule has 0 unspecified atom stereocenters. The maximum atomic E-state index is 11.7. The van der Waals surface area contributed by atoms with Gasteiger partial charge in [0.25, 0.3) is 0 Å². The van der Waals surface area contributed by atoms with E-state index in [2.05, 4.69) is 56.5 Å². The van der Waals surface area contributed by atoms with Gasteiger partial charge < -0.3 is 14.8 Å². The van der Waals surface area contributed by atoms with Crippen LogP contribution < -0.4 is 14.9 Å². The Morgan fingerprint density at radius 3 is 2.28 bits per heavy atom. The number of pyridine rings is 1. The molecule has 2 aromatic carbocycles. The molecule has 3 heterocycles. The number of anilines is 2. The largest absolute Gasteiger partial charge is 0.351 e. The van der Waals surface area contributed by atoms with E-state index in [1.165, 1.54) is 0 Å². The van der Waals surface area contributed by atoms with Crippen molar-refractivity contribution >= 4 is 38.7 Å². The number of rotatable bonds is 6. The van der Waals surface area contributed by atoms with Gasteiger partial charge in [0.15, 0.2) is 5.11 Å². The van der Waals surface area contributed by atoms with Gasteiger partial charge in [0.2, 0.25) is 10.0 Å². The van der Waals surface area contributed by atoms with Crippen LogP contribution in [-0.4, -0.2) is 29.3 Å². The van der Waals surface area contributed by atoms with E-state index < -0.39 is 10.0 Å². The molecule has 0 aliphatic carbocycles. The smallest absolute Gasteiger partial charge is 0.229 e. The lowest BCUT2D eigenvalue weighted by molar-refractivity contribution is 0.565. The summed E-state index contributed by atoms with van der Waals surface area (Å²) in [7, 11) is -3.37. The average molecular weight is 518 g/mol. The Balaban J connectivity index is 1.62. The molecular weight excluding hydrogens is 490 g/mol. The van der Waals surface area contributed by atoms with Crippen molar-refractivity contribution in [1.82, 2.24) is 14.9 Å². The van der Waals surface area contributed by atoms with Gasteiger partial charge >= 0.3 is 0 Å². The summed E-state index contributed by atoms with van der Waals surface area (Å²) in [6.45, 7) is 4.24. The van der Waals surface area contributed by atoms with Crippen LogP contribution in [0.3, 0.4) is 0 Å². The van der Waals surface area contributed by atoms with E-state index in [0.29, 0.717) is 10.8 Å². The normalized spacial score (nSPS) is 17.8. The molecule has 36 heavy (non-hydrogen) atoms. The van der Waals surface area contributed by atoms with Crippen molar-refractivity contribution in [3.8, 4) is 5.69 Å². The molecule has 0 amide bonds. The zero-order valence-electron chi connectivity index (χ0n) is 20.2. The Labute approximate surface area is 216 Å². The van der Waals surface area contributed by atoms with E-state index >= 15 is 0 Å². The summed E-state index contributed by atoms with van der Waals surface area (Å²) in [4.78, 5) is 6.73. The van der Waals surface area contributed by atoms with Crippen LogP contribution in [0.2, 0.25) is 0 Å². The molecule has 0 saturated carbocycles. The quantitative estimate of drug-likeness (QED) is 0.349. The molecule has 0 bridgehead atoms. The molecule has 1 fully saturated rings. The maximum Gasteiger partial charge on any atom is 0.229 e. The molecule has 1 aliphatic rings. The van der Waals surface area contributed by atoms with E-state index in [1.54, 1.807) is 18.3 Å². The number of hydrogen-bond donors (Lipinski definition) is 2. The van der Waals surface area contributed by atoms with Crippen LogP contribution in [0, 0.1) is 13.8 Å². The van der Waals surface area contributed by atoms with Crippen LogP contribution >= 0.6 is 12.2 Å². The number of nitrogens with one attached hydrogen (secondary N) is 2. The van der Waals surface area contributed by atoms with Gasteiger partial charge in [-0.05, 0) is 86.2 Å². The first-order valence-corrected chi connectivity index (χ1v) is 13.9. The van der Waals surface area contributed by atoms with Gasteiger partial charge in [-0.25, -0.2) is 8.42 Å². The molecular formula is C27H27N5O2S2. The summed E-state index contributed by atoms with van der Waals surface area (Å²) in [5.74, 6) is 0. The average Bonchev–Trinajstić information content (AvgIpc) is 3.35. The number of thiocarbonyl (C=S) groups is 1. The highest BCUT2D eigenvalue weighted by Gasteiger charge is 2.42. The summed E-state index contributed by atoms with van der Waals surface area (Å²) in [6.07, 6.45) is 2.93. The Bertz CT molecular complexity index is 1500. The number of nitrogens with zero attached hydrogens (tertiary/aromatic N) is 3. The summed E-state index contributed by atoms with van der Waals surface area (Å²) >= 11 is 5.84. The van der Waals surface area contributed by atoms with Gasteiger partial charge in [-0.2, -0.15) is 0 Å². The number of para-hydroxylation sites is 1. The lowest BCUT2D eigenvalue weighted by Crippen LogP contribution is -2.29. The number of hydrogen-bond acceptors (Lipinski definition) is 4. The van der Waals surface area contributed by atoms with Crippen molar-refractivity contribution in [2.24, 2.45) is 0 Å². The first-order chi connectivity index (χ1) is 17.2. The molecule has 1 saturated heterocycles. The third kappa shape index (κ3) is 4.59. The standard InChI is InChI=1S/C27H27N5O2S2/c1-18-17-23(19(2)31(18)21-9-5-4-6-10-21)26-25(24-11-7-8-16-28-24)29-27(35)32(26)22-14-12-20(13-15-22)30-36(3,33)34/h4-17,25-26,30H,1-3H3,(H,29,35)/t25-,26-/m0/s1. The second-order valence-corrected chi connectivity index (χ2v) is 11.1. The van der Waals surface area contributed by atoms with Crippen LogP contribution in [0.1, 0.15) is 34.7 Å². The molecule has 0 radical (unpaired) electrons. The van der Waals surface area contributed by atoms with E-state index in [4.69, 9.17) is 12.2 Å². The fourth-order valence-electron chi connectivity index (χ4n) is 4.91. The Morgan fingerprint density at radius 1 is 0.944 bits per heavy atom. The van der Waals surface area contributed by atoms with E-state index in [9.17, 15) is 8.42 Å². The topological polar surface area (TPSA) is 79.3 Å². The zero-order chi connectivity index (χ0) is 25.4. The van der Waals surface area contributed by atoms with Crippen molar-refractivity contribution in [3.63, 3.8) is 0 Å². The second kappa shape index (κ2) is 9.40. The summed E-state index contributed by atoms with van der Waals surface area (Å²) in [5.41, 5.74) is 6.74. The van der Waals surface area contributed by atoms with Crippen molar-refractivity contribution in [2.45, 2.75) is 25.9 Å². The van der Waals surface area contributed by atoms with Crippen molar-refractivity contribution < 1.29 is 8.42 Å². The van der Waals surface area contributed by atoms with Crippen LogP contribution in [0.5, 0.6) is 0 Å². The lowest BCUT2D eigenvalue weighted by atomic mass is 9.96. The molecule has 5 rings (SSSR count). The minimum Gasteiger partial charge on any atom is -0.351 e. The molecule has 0 spiro atoms. The maximum absolute atomic E-state index is 11.7. The van der Waals surface area contributed by atoms with Crippen molar-refractivity contribution in [3.05, 3.63) is 108 Å². The zero-order valence-corrected chi connectivity index (χ0v) is 21.8. The van der Waals surface area contributed by atoms with Crippen LogP contribution in [0.4, 0.5) is 11.4 Å². The number of sulfonamides is 1. The number of benzene rings is 2. The van der Waals surface area contributed by atoms with Crippen LogP contribution in [0.15, 0.2) is 85.1 Å². The highest BCUT2D eigenvalue weighted by Crippen LogP contribution is 2.43. The third-order valence-corrected chi connectivity index (χ3v) is 7.27. The van der Waals surface area contributed by atoms with Gasteiger partial charge in [0, 0.05) is 34.6 Å². The molecule has 4 aromatic rings. The fourth-order valence-corrected chi connectivity index (χ4v) is 5.82. The number of aromatic nitrogens is 2. The SMILES string of the molecule is Cc1cc([C@H]2[C@H](c3ccccn3)NC(=S)N2c2ccc(NS(C)(=O)=O)cc2)c(C)n1-c1ccccc1. The highest BCUT2D eigenvalue weighted by atomic mass is 32.2.